The zero-order valence-electron chi connectivity index (χ0n) is 8.42. The molecule has 0 aliphatic rings. The fraction of sp³-hybridized carbons (Fsp3) is 0.300. The molecule has 2 N–H and O–H groups in total. The number of carbonyl (C=O) groups excluding carboxylic acids is 1. The van der Waals surface area contributed by atoms with E-state index >= 15 is 0 Å². The Bertz CT molecular complexity index is 318. The number of halogens is 2. The van der Waals surface area contributed by atoms with E-state index in [9.17, 15) is 4.79 Å². The van der Waals surface area contributed by atoms with Gasteiger partial charge in [0.15, 0.2) is 0 Å². The van der Waals surface area contributed by atoms with Crippen LogP contribution in [0.2, 0.25) is 5.02 Å². The van der Waals surface area contributed by atoms with E-state index in [1.165, 1.54) is 0 Å². The van der Waals surface area contributed by atoms with Gasteiger partial charge in [-0.05, 0) is 18.6 Å². The van der Waals surface area contributed by atoms with Gasteiger partial charge in [0.05, 0.1) is 10.7 Å². The van der Waals surface area contributed by atoms with Crippen molar-refractivity contribution in [2.75, 3.05) is 5.43 Å². The molecule has 84 valence electrons. The molecule has 0 saturated carbocycles. The molecular formula is C10H14Cl2N2O. The van der Waals surface area contributed by atoms with Gasteiger partial charge in [-0.3, -0.25) is 15.6 Å². The summed E-state index contributed by atoms with van der Waals surface area (Å²) in [6.07, 6.45) is 1.34. The molecule has 0 radical (unpaired) electrons. The second-order valence-electron chi connectivity index (χ2n) is 2.90. The lowest BCUT2D eigenvalue weighted by molar-refractivity contribution is -0.120. The van der Waals surface area contributed by atoms with Crippen molar-refractivity contribution in [3.8, 4) is 0 Å². The van der Waals surface area contributed by atoms with Gasteiger partial charge in [0.25, 0.3) is 0 Å². The fourth-order valence-electron chi connectivity index (χ4n) is 0.989. The first-order valence-corrected chi connectivity index (χ1v) is 4.91. The molecule has 0 spiro atoms. The van der Waals surface area contributed by atoms with Crippen LogP contribution in [-0.4, -0.2) is 5.91 Å². The largest absolute Gasteiger partial charge is 0.297 e. The molecule has 0 aliphatic heterocycles. The second-order valence-corrected chi connectivity index (χ2v) is 3.31. The first-order chi connectivity index (χ1) is 6.74. The van der Waals surface area contributed by atoms with Crippen LogP contribution in [0.4, 0.5) is 5.69 Å². The van der Waals surface area contributed by atoms with Crippen molar-refractivity contribution in [1.82, 2.24) is 5.43 Å². The quantitative estimate of drug-likeness (QED) is 0.805. The lowest BCUT2D eigenvalue weighted by Crippen LogP contribution is -2.28. The maximum atomic E-state index is 11.1. The highest BCUT2D eigenvalue weighted by atomic mass is 35.5. The van der Waals surface area contributed by atoms with Gasteiger partial charge in [0.1, 0.15) is 0 Å². The Kier molecular flexibility index (Phi) is 6.92. The van der Waals surface area contributed by atoms with Crippen LogP contribution in [0.5, 0.6) is 0 Å². The van der Waals surface area contributed by atoms with Crippen molar-refractivity contribution < 1.29 is 4.79 Å². The highest BCUT2D eigenvalue weighted by Crippen LogP contribution is 2.19. The van der Waals surface area contributed by atoms with Crippen LogP contribution < -0.4 is 10.9 Å². The average Bonchev–Trinajstić information content (AvgIpc) is 2.17. The number of rotatable bonds is 4. The third-order valence-corrected chi connectivity index (χ3v) is 2.02. The van der Waals surface area contributed by atoms with Gasteiger partial charge in [0.2, 0.25) is 5.91 Å². The Morgan fingerprint density at radius 3 is 2.67 bits per heavy atom. The molecule has 15 heavy (non-hydrogen) atoms. The minimum Gasteiger partial charge on any atom is -0.297 e. The summed E-state index contributed by atoms with van der Waals surface area (Å²) in [4.78, 5) is 11.1. The second kappa shape index (κ2) is 7.37. The standard InChI is InChI=1S/C10H13ClN2O.ClH/c1-2-5-10(14)13-12-9-7-4-3-6-8(9)11;/h3-4,6-7,12H,2,5H2,1H3,(H,13,14);1H. The van der Waals surface area contributed by atoms with Gasteiger partial charge in [-0.1, -0.05) is 30.7 Å². The number of anilines is 1. The van der Waals surface area contributed by atoms with E-state index < -0.39 is 0 Å². The van der Waals surface area contributed by atoms with E-state index in [1.54, 1.807) is 12.1 Å². The Labute approximate surface area is 101 Å². The highest BCUT2D eigenvalue weighted by molar-refractivity contribution is 6.33. The first kappa shape index (κ1) is 14.1. The van der Waals surface area contributed by atoms with Gasteiger partial charge < -0.3 is 0 Å². The molecule has 0 fully saturated rings. The van der Waals surface area contributed by atoms with Crippen LogP contribution in [0, 0.1) is 0 Å². The molecule has 0 saturated heterocycles. The average molecular weight is 249 g/mol. The Morgan fingerprint density at radius 2 is 2.07 bits per heavy atom. The van der Waals surface area contributed by atoms with Gasteiger partial charge in [-0.25, -0.2) is 0 Å². The van der Waals surface area contributed by atoms with Crippen molar-refractivity contribution in [3.63, 3.8) is 0 Å². The van der Waals surface area contributed by atoms with E-state index in [-0.39, 0.29) is 18.3 Å². The predicted molar refractivity (Wildman–Crippen MR) is 65.4 cm³/mol. The number of carbonyl (C=O) groups is 1. The number of para-hydroxylation sites is 1. The summed E-state index contributed by atoms with van der Waals surface area (Å²) in [6.45, 7) is 1.95. The lowest BCUT2D eigenvalue weighted by atomic mass is 10.3. The summed E-state index contributed by atoms with van der Waals surface area (Å²) in [7, 11) is 0. The predicted octanol–water partition coefficient (Wildman–Crippen LogP) is 3.01. The van der Waals surface area contributed by atoms with Crippen LogP contribution in [-0.2, 0) is 4.79 Å². The summed E-state index contributed by atoms with van der Waals surface area (Å²) >= 11 is 5.87. The normalized spacial score (nSPS) is 8.93. The van der Waals surface area contributed by atoms with E-state index in [0.29, 0.717) is 17.1 Å². The fourth-order valence-corrected chi connectivity index (χ4v) is 1.17. The Morgan fingerprint density at radius 1 is 1.40 bits per heavy atom. The molecule has 0 atom stereocenters. The Balaban J connectivity index is 0.00000196. The molecule has 0 aromatic heterocycles. The lowest BCUT2D eigenvalue weighted by Gasteiger charge is -2.08. The number of amides is 1. The molecule has 0 unspecified atom stereocenters. The van der Waals surface area contributed by atoms with Crippen molar-refractivity contribution in [2.24, 2.45) is 0 Å². The molecular weight excluding hydrogens is 235 g/mol. The van der Waals surface area contributed by atoms with Crippen molar-refractivity contribution in [1.29, 1.82) is 0 Å². The number of hydrazine groups is 1. The van der Waals surface area contributed by atoms with Gasteiger partial charge in [0, 0.05) is 6.42 Å². The zero-order valence-corrected chi connectivity index (χ0v) is 9.99. The van der Waals surface area contributed by atoms with Crippen LogP contribution in [0.25, 0.3) is 0 Å². The minimum absolute atomic E-state index is 0. The summed E-state index contributed by atoms with van der Waals surface area (Å²) < 4.78 is 0. The molecule has 0 bridgehead atoms. The minimum atomic E-state index is -0.0348. The smallest absolute Gasteiger partial charge is 0.238 e. The van der Waals surface area contributed by atoms with Crippen LogP contribution in [0.1, 0.15) is 19.8 Å². The van der Waals surface area contributed by atoms with Gasteiger partial charge >= 0.3 is 0 Å². The number of nitrogens with one attached hydrogen (secondary N) is 2. The van der Waals surface area contributed by atoms with Gasteiger partial charge in [-0.15, -0.1) is 12.4 Å². The van der Waals surface area contributed by atoms with E-state index in [2.05, 4.69) is 10.9 Å². The highest BCUT2D eigenvalue weighted by Gasteiger charge is 2.00. The van der Waals surface area contributed by atoms with Gasteiger partial charge in [-0.2, -0.15) is 0 Å². The number of hydrogen-bond acceptors (Lipinski definition) is 2. The molecule has 1 aromatic carbocycles. The zero-order chi connectivity index (χ0) is 10.4. The summed E-state index contributed by atoms with van der Waals surface area (Å²) in [5.41, 5.74) is 6.04. The van der Waals surface area contributed by atoms with E-state index in [0.717, 1.165) is 6.42 Å². The van der Waals surface area contributed by atoms with E-state index in [1.807, 2.05) is 19.1 Å². The molecule has 1 amide bonds. The van der Waals surface area contributed by atoms with Crippen molar-refractivity contribution in [3.05, 3.63) is 29.3 Å². The maximum Gasteiger partial charge on any atom is 0.238 e. The summed E-state index contributed by atoms with van der Waals surface area (Å²) in [5.74, 6) is -0.0348. The Hall–Kier alpha value is -0.930. The molecule has 0 heterocycles. The first-order valence-electron chi connectivity index (χ1n) is 4.53. The van der Waals surface area contributed by atoms with E-state index in [4.69, 9.17) is 11.6 Å². The number of benzene rings is 1. The van der Waals surface area contributed by atoms with Crippen LogP contribution in [0.3, 0.4) is 0 Å². The van der Waals surface area contributed by atoms with Crippen LogP contribution in [0.15, 0.2) is 24.3 Å². The SMILES string of the molecule is CCCC(=O)NNc1ccccc1Cl.Cl. The summed E-state index contributed by atoms with van der Waals surface area (Å²) in [5, 5.41) is 0.587. The van der Waals surface area contributed by atoms with Crippen molar-refractivity contribution in [2.45, 2.75) is 19.8 Å². The van der Waals surface area contributed by atoms with Crippen molar-refractivity contribution >= 4 is 35.6 Å². The molecule has 1 rings (SSSR count). The molecule has 3 nitrogen and oxygen atoms in total. The van der Waals surface area contributed by atoms with Crippen LogP contribution >= 0.6 is 24.0 Å². The summed E-state index contributed by atoms with van der Waals surface area (Å²) in [6, 6.07) is 7.24. The maximum absolute atomic E-state index is 11.1. The molecule has 5 heteroatoms. The molecule has 1 aromatic rings. The number of hydrogen-bond donors (Lipinski definition) is 2. The third-order valence-electron chi connectivity index (χ3n) is 1.69. The molecule has 0 aliphatic carbocycles. The third kappa shape index (κ3) is 4.91. The monoisotopic (exact) mass is 248 g/mol. The topological polar surface area (TPSA) is 41.1 Å².